The van der Waals surface area contributed by atoms with Crippen LogP contribution in [0.15, 0.2) is 10.6 Å². The Labute approximate surface area is 172 Å². The average molecular weight is 338 g/mol. The summed E-state index contributed by atoms with van der Waals surface area (Å²) in [6.45, 7) is 3.88. The Balaban J connectivity index is 0.00000220. The van der Waals surface area contributed by atoms with Crippen molar-refractivity contribution in [3.8, 4) is 0 Å². The summed E-state index contributed by atoms with van der Waals surface area (Å²) in [4.78, 5) is 36.2. The molecule has 6 nitrogen and oxygen atoms in total. The maximum Gasteiger partial charge on any atom is 1.00 e. The summed E-state index contributed by atoms with van der Waals surface area (Å²) >= 11 is 1.41. The molecule has 0 bridgehead atoms. The van der Waals surface area contributed by atoms with Gasteiger partial charge in [0.05, 0.1) is 12.0 Å². The van der Waals surface area contributed by atoms with Crippen molar-refractivity contribution in [2.45, 2.75) is 32.7 Å². The van der Waals surface area contributed by atoms with Crippen LogP contribution in [0.3, 0.4) is 0 Å². The minimum absolute atomic E-state index is 0. The van der Waals surface area contributed by atoms with Crippen LogP contribution in [0.5, 0.6) is 0 Å². The molecule has 21 heavy (non-hydrogen) atoms. The quantitative estimate of drug-likeness (QED) is 0.329. The predicted molar refractivity (Wildman–Crippen MR) is 75.9 cm³/mol. The van der Waals surface area contributed by atoms with Crippen LogP contribution in [0.4, 0.5) is 0 Å². The molecule has 2 heterocycles. The molecule has 112 valence electrons. The normalized spacial score (nSPS) is 23.3. The molecule has 2 aliphatic rings. The molecule has 0 aromatic heterocycles. The molecular weight excluding hydrogens is 319 g/mol. The van der Waals surface area contributed by atoms with E-state index < -0.39 is 5.97 Å². The van der Waals surface area contributed by atoms with E-state index >= 15 is 0 Å². The van der Waals surface area contributed by atoms with Gasteiger partial charge in [0, 0.05) is 30.5 Å². The second-order valence-corrected chi connectivity index (χ2v) is 6.09. The standard InChI is InChI=1S/C13H18N2O4S.K.H/c1-3-8-9-6-10(20-5-4-14-7(2)16)11(13(18)19)15(9)12(8)17;;/h8-9H,3-6H2,1-2H3,(H,14,16)(H,18,19);;/q;+1;-1. The van der Waals surface area contributed by atoms with Crippen molar-refractivity contribution in [3.05, 3.63) is 10.6 Å². The zero-order chi connectivity index (χ0) is 14.9. The average Bonchev–Trinajstić information content (AvgIpc) is 2.70. The number of carbonyl (C=O) groups excluding carboxylic acids is 2. The number of carboxylic acid groups (broad SMARTS) is 1. The fourth-order valence-electron chi connectivity index (χ4n) is 2.73. The number of carbonyl (C=O) groups is 3. The number of rotatable bonds is 6. The molecule has 0 saturated carbocycles. The van der Waals surface area contributed by atoms with Gasteiger partial charge in [0.15, 0.2) is 0 Å². The molecule has 2 aliphatic heterocycles. The van der Waals surface area contributed by atoms with Crippen LogP contribution < -0.4 is 56.7 Å². The molecule has 1 fully saturated rings. The minimum atomic E-state index is -1.04. The molecule has 8 heteroatoms. The molecule has 0 spiro atoms. The first-order valence-corrected chi connectivity index (χ1v) is 7.62. The van der Waals surface area contributed by atoms with Crippen LogP contribution in [0.25, 0.3) is 0 Å². The summed E-state index contributed by atoms with van der Waals surface area (Å²) in [6, 6.07) is 0.0156. The van der Waals surface area contributed by atoms with Gasteiger partial charge in [-0.1, -0.05) is 6.92 Å². The molecule has 2 rings (SSSR count). The van der Waals surface area contributed by atoms with Crippen LogP contribution in [0.2, 0.25) is 0 Å². The fourth-order valence-corrected chi connectivity index (χ4v) is 3.79. The van der Waals surface area contributed by atoms with Crippen molar-refractivity contribution in [3.63, 3.8) is 0 Å². The molecule has 0 radical (unpaired) electrons. The van der Waals surface area contributed by atoms with Gasteiger partial charge < -0.3 is 16.7 Å². The smallest absolute Gasteiger partial charge is 1.00 e. The van der Waals surface area contributed by atoms with Gasteiger partial charge in [-0.05, 0) is 6.42 Å². The molecule has 2 atom stereocenters. The largest absolute Gasteiger partial charge is 1.00 e. The maximum absolute atomic E-state index is 11.9. The molecule has 1 saturated heterocycles. The monoisotopic (exact) mass is 338 g/mol. The number of nitrogens with zero attached hydrogens (tertiary/aromatic N) is 1. The number of thioether (sulfide) groups is 1. The first kappa shape index (κ1) is 19.2. The van der Waals surface area contributed by atoms with E-state index in [1.165, 1.54) is 23.6 Å². The van der Waals surface area contributed by atoms with Gasteiger partial charge in [0.1, 0.15) is 5.70 Å². The number of carboxylic acids is 1. The van der Waals surface area contributed by atoms with Crippen molar-refractivity contribution in [1.29, 1.82) is 0 Å². The third-order valence-corrected chi connectivity index (χ3v) is 4.76. The molecule has 2 amide bonds. The summed E-state index contributed by atoms with van der Waals surface area (Å²) in [5, 5.41) is 12.0. The van der Waals surface area contributed by atoms with E-state index in [1.54, 1.807) is 0 Å². The first-order valence-electron chi connectivity index (χ1n) is 6.64. The van der Waals surface area contributed by atoms with Crippen molar-refractivity contribution in [1.82, 2.24) is 10.2 Å². The number of fused-ring (bicyclic) bond motifs is 1. The van der Waals surface area contributed by atoms with Gasteiger partial charge in [-0.15, -0.1) is 11.8 Å². The van der Waals surface area contributed by atoms with E-state index in [0.717, 1.165) is 11.3 Å². The van der Waals surface area contributed by atoms with Crippen molar-refractivity contribution >= 4 is 29.5 Å². The van der Waals surface area contributed by atoms with Gasteiger partial charge >= 0.3 is 57.4 Å². The third-order valence-electron chi connectivity index (χ3n) is 3.64. The third kappa shape index (κ3) is 3.91. The second kappa shape index (κ2) is 8.12. The minimum Gasteiger partial charge on any atom is -1.00 e. The van der Waals surface area contributed by atoms with E-state index in [-0.39, 0.29) is 82.3 Å². The molecule has 2 N–H and O–H groups in total. The molecule has 0 aromatic rings. The van der Waals surface area contributed by atoms with Crippen molar-refractivity contribution in [2.24, 2.45) is 5.92 Å². The van der Waals surface area contributed by atoms with E-state index in [4.69, 9.17) is 0 Å². The number of amides is 2. The van der Waals surface area contributed by atoms with E-state index in [9.17, 15) is 19.5 Å². The summed E-state index contributed by atoms with van der Waals surface area (Å²) < 4.78 is 0. The fraction of sp³-hybridized carbons (Fsp3) is 0.615. The number of nitrogens with one attached hydrogen (secondary N) is 1. The SMILES string of the molecule is CCC1C(=O)N2C(C(=O)O)=C(SCCNC(C)=O)CC12.[H-].[K+]. The molecule has 0 aliphatic carbocycles. The Morgan fingerprint density at radius 3 is 2.71 bits per heavy atom. The Bertz CT molecular complexity index is 500. The van der Waals surface area contributed by atoms with Crippen LogP contribution in [0, 0.1) is 5.92 Å². The summed E-state index contributed by atoms with van der Waals surface area (Å²) in [7, 11) is 0. The second-order valence-electron chi connectivity index (χ2n) is 4.90. The van der Waals surface area contributed by atoms with Gasteiger partial charge in [-0.3, -0.25) is 9.59 Å². The van der Waals surface area contributed by atoms with Gasteiger partial charge in [0.25, 0.3) is 0 Å². The summed E-state index contributed by atoms with van der Waals surface area (Å²) in [5.41, 5.74) is 0.137. The Morgan fingerprint density at radius 1 is 1.52 bits per heavy atom. The van der Waals surface area contributed by atoms with Crippen LogP contribution in [-0.2, 0) is 14.4 Å². The van der Waals surface area contributed by atoms with Gasteiger partial charge in [-0.25, -0.2) is 4.79 Å². The van der Waals surface area contributed by atoms with Gasteiger partial charge in [-0.2, -0.15) is 0 Å². The Morgan fingerprint density at radius 2 is 2.19 bits per heavy atom. The van der Waals surface area contributed by atoms with Crippen LogP contribution >= 0.6 is 11.8 Å². The van der Waals surface area contributed by atoms with E-state index in [2.05, 4.69) is 5.32 Å². The Hall–Kier alpha value is 0.136. The topological polar surface area (TPSA) is 86.7 Å². The van der Waals surface area contributed by atoms with Crippen molar-refractivity contribution in [2.75, 3.05) is 12.3 Å². The zero-order valence-electron chi connectivity index (χ0n) is 13.5. The first-order chi connectivity index (χ1) is 9.47. The number of hydrogen-bond donors (Lipinski definition) is 2. The Kier molecular flexibility index (Phi) is 7.42. The van der Waals surface area contributed by atoms with Gasteiger partial charge in [0.2, 0.25) is 11.8 Å². The number of hydrogen-bond acceptors (Lipinski definition) is 4. The number of β-lactam (4-membered cyclic amide) rings is 1. The molecule has 2 unspecified atom stereocenters. The summed E-state index contributed by atoms with van der Waals surface area (Å²) in [5.74, 6) is -0.658. The molecule has 0 aromatic carbocycles. The zero-order valence-corrected chi connectivity index (χ0v) is 16.5. The number of aliphatic carboxylic acids is 1. The van der Waals surface area contributed by atoms with E-state index in [0.29, 0.717) is 18.7 Å². The van der Waals surface area contributed by atoms with Crippen LogP contribution in [0.1, 0.15) is 28.1 Å². The summed E-state index contributed by atoms with van der Waals surface area (Å²) in [6.07, 6.45) is 1.37. The van der Waals surface area contributed by atoms with E-state index in [1.807, 2.05) is 6.92 Å². The van der Waals surface area contributed by atoms with Crippen molar-refractivity contribution < 1.29 is 72.3 Å². The maximum atomic E-state index is 11.9. The van der Waals surface area contributed by atoms with Crippen LogP contribution in [-0.4, -0.2) is 46.1 Å². The molecular formula is C13H19KN2O4S. The predicted octanol–water partition coefficient (Wildman–Crippen LogP) is -2.09.